The van der Waals surface area contributed by atoms with Crippen molar-refractivity contribution in [3.05, 3.63) is 0 Å². The Bertz CT molecular complexity index is 182. The van der Waals surface area contributed by atoms with Crippen LogP contribution in [0.4, 0.5) is 0 Å². The summed E-state index contributed by atoms with van der Waals surface area (Å²) in [5.74, 6) is 2.30. The van der Waals surface area contributed by atoms with Gasteiger partial charge >= 0.3 is 0 Å². The van der Waals surface area contributed by atoms with Crippen LogP contribution in [0.3, 0.4) is 0 Å². The molecule has 2 fully saturated rings. The van der Waals surface area contributed by atoms with Gasteiger partial charge in [-0.25, -0.2) is 0 Å². The first-order valence-electron chi connectivity index (χ1n) is 5.77. The molecule has 3 heteroatoms. The van der Waals surface area contributed by atoms with Gasteiger partial charge in [-0.2, -0.15) is 11.8 Å². The summed E-state index contributed by atoms with van der Waals surface area (Å²) in [6.07, 6.45) is 5.14. The van der Waals surface area contributed by atoms with Gasteiger partial charge in [0.05, 0.1) is 0 Å². The minimum absolute atomic E-state index is 0.687. The second-order valence-corrected chi connectivity index (χ2v) is 5.69. The molecule has 0 radical (unpaired) electrons. The zero-order valence-corrected chi connectivity index (χ0v) is 10.1. The number of thioether (sulfide) groups is 1. The normalized spacial score (nSPS) is 34.7. The van der Waals surface area contributed by atoms with Crippen LogP contribution < -0.4 is 5.32 Å². The maximum Gasteiger partial charge on any atom is 0.0249 e. The lowest BCUT2D eigenvalue weighted by atomic mass is 10.1. The number of nitrogens with one attached hydrogen (secondary N) is 1. The molecule has 2 rings (SSSR count). The van der Waals surface area contributed by atoms with Crippen molar-refractivity contribution in [2.45, 2.75) is 31.8 Å². The molecular formula is C11H22N2S. The number of hydrogen-bond acceptors (Lipinski definition) is 3. The Morgan fingerprint density at radius 3 is 2.86 bits per heavy atom. The second-order valence-electron chi connectivity index (χ2n) is 4.70. The Balaban J connectivity index is 1.85. The number of rotatable bonds is 4. The monoisotopic (exact) mass is 214 g/mol. The van der Waals surface area contributed by atoms with Crippen LogP contribution in [0.15, 0.2) is 0 Å². The van der Waals surface area contributed by atoms with Crippen molar-refractivity contribution in [3.63, 3.8) is 0 Å². The molecule has 0 aromatic carbocycles. The van der Waals surface area contributed by atoms with E-state index in [9.17, 15) is 0 Å². The quantitative estimate of drug-likeness (QED) is 0.762. The molecule has 2 aliphatic rings. The van der Waals surface area contributed by atoms with E-state index in [4.69, 9.17) is 0 Å². The fourth-order valence-corrected chi connectivity index (χ4v) is 2.83. The summed E-state index contributed by atoms with van der Waals surface area (Å²) in [4.78, 5) is 2.72. The third-order valence-electron chi connectivity index (χ3n) is 3.40. The summed E-state index contributed by atoms with van der Waals surface area (Å²) < 4.78 is 0. The van der Waals surface area contributed by atoms with Crippen molar-refractivity contribution >= 4 is 11.8 Å². The molecular weight excluding hydrogens is 192 g/mol. The Hall–Kier alpha value is 0.270. The summed E-state index contributed by atoms with van der Waals surface area (Å²) in [5, 5.41) is 3.61. The standard InChI is InChI=1S/C11H22N2S/c1-9-8-13(5-6-14-2)11(7-12-9)10-3-4-10/h9-12H,3-8H2,1-2H3. The molecule has 0 aromatic heterocycles. The topological polar surface area (TPSA) is 15.3 Å². The van der Waals surface area contributed by atoms with Crippen molar-refractivity contribution in [2.24, 2.45) is 5.92 Å². The fraction of sp³-hybridized carbons (Fsp3) is 1.00. The van der Waals surface area contributed by atoms with Gasteiger partial charge in [0.25, 0.3) is 0 Å². The van der Waals surface area contributed by atoms with E-state index in [1.165, 1.54) is 38.2 Å². The van der Waals surface area contributed by atoms with E-state index in [0.29, 0.717) is 6.04 Å². The van der Waals surface area contributed by atoms with Crippen LogP contribution in [0.2, 0.25) is 0 Å². The van der Waals surface area contributed by atoms with E-state index < -0.39 is 0 Å². The Morgan fingerprint density at radius 1 is 1.43 bits per heavy atom. The Morgan fingerprint density at radius 2 is 2.21 bits per heavy atom. The Kier molecular flexibility index (Phi) is 3.74. The average Bonchev–Trinajstić information content (AvgIpc) is 2.98. The molecule has 0 bridgehead atoms. The highest BCUT2D eigenvalue weighted by Crippen LogP contribution is 2.36. The van der Waals surface area contributed by atoms with E-state index in [-0.39, 0.29) is 0 Å². The lowest BCUT2D eigenvalue weighted by molar-refractivity contribution is 0.128. The molecule has 2 unspecified atom stereocenters. The van der Waals surface area contributed by atoms with E-state index >= 15 is 0 Å². The van der Waals surface area contributed by atoms with Crippen LogP contribution in [0.25, 0.3) is 0 Å². The smallest absolute Gasteiger partial charge is 0.0249 e. The van der Waals surface area contributed by atoms with Crippen LogP contribution >= 0.6 is 11.8 Å². The van der Waals surface area contributed by atoms with Crippen LogP contribution in [-0.4, -0.2) is 48.6 Å². The predicted molar refractivity (Wildman–Crippen MR) is 63.9 cm³/mol. The fourth-order valence-electron chi connectivity index (χ4n) is 2.41. The molecule has 0 amide bonds. The second kappa shape index (κ2) is 4.86. The van der Waals surface area contributed by atoms with Crippen LogP contribution in [0.1, 0.15) is 19.8 Å². The molecule has 0 spiro atoms. The van der Waals surface area contributed by atoms with E-state index in [2.05, 4.69) is 23.4 Å². The van der Waals surface area contributed by atoms with Crippen molar-refractivity contribution in [1.29, 1.82) is 0 Å². The molecule has 2 atom stereocenters. The molecule has 1 saturated carbocycles. The highest BCUT2D eigenvalue weighted by atomic mass is 32.2. The van der Waals surface area contributed by atoms with E-state index in [1.807, 2.05) is 11.8 Å². The summed E-state index contributed by atoms with van der Waals surface area (Å²) in [5.41, 5.74) is 0. The van der Waals surface area contributed by atoms with Gasteiger partial charge in [0.2, 0.25) is 0 Å². The molecule has 1 aliphatic carbocycles. The molecule has 1 saturated heterocycles. The van der Waals surface area contributed by atoms with Crippen molar-refractivity contribution in [1.82, 2.24) is 10.2 Å². The lowest BCUT2D eigenvalue weighted by Crippen LogP contribution is -2.56. The first kappa shape index (κ1) is 10.8. The third-order valence-corrected chi connectivity index (χ3v) is 3.99. The van der Waals surface area contributed by atoms with Gasteiger partial charge in [-0.3, -0.25) is 4.90 Å². The highest BCUT2D eigenvalue weighted by molar-refractivity contribution is 7.98. The molecule has 0 aromatic rings. The molecule has 2 nitrogen and oxygen atoms in total. The van der Waals surface area contributed by atoms with Crippen LogP contribution in [0, 0.1) is 5.92 Å². The van der Waals surface area contributed by atoms with Crippen molar-refractivity contribution < 1.29 is 0 Å². The number of hydrogen-bond donors (Lipinski definition) is 1. The van der Waals surface area contributed by atoms with Crippen molar-refractivity contribution in [3.8, 4) is 0 Å². The summed E-state index contributed by atoms with van der Waals surface area (Å²) in [7, 11) is 0. The van der Waals surface area contributed by atoms with Gasteiger partial charge in [0.15, 0.2) is 0 Å². The Labute approximate surface area is 91.8 Å². The first-order valence-corrected chi connectivity index (χ1v) is 7.17. The molecule has 82 valence electrons. The van der Waals surface area contributed by atoms with E-state index in [0.717, 1.165) is 12.0 Å². The summed E-state index contributed by atoms with van der Waals surface area (Å²) in [6, 6.07) is 1.53. The van der Waals surface area contributed by atoms with Crippen LogP contribution in [0.5, 0.6) is 0 Å². The number of nitrogens with zero attached hydrogens (tertiary/aromatic N) is 1. The third kappa shape index (κ3) is 2.65. The zero-order chi connectivity index (χ0) is 9.97. The largest absolute Gasteiger partial charge is 0.311 e. The zero-order valence-electron chi connectivity index (χ0n) is 9.33. The SMILES string of the molecule is CSCCN1CC(C)NCC1C1CC1. The van der Waals surface area contributed by atoms with E-state index in [1.54, 1.807) is 0 Å². The molecule has 1 N–H and O–H groups in total. The van der Waals surface area contributed by atoms with Gasteiger partial charge in [-0.1, -0.05) is 0 Å². The van der Waals surface area contributed by atoms with Gasteiger partial charge in [0, 0.05) is 37.5 Å². The minimum Gasteiger partial charge on any atom is -0.311 e. The van der Waals surface area contributed by atoms with Crippen LogP contribution in [-0.2, 0) is 0 Å². The first-order chi connectivity index (χ1) is 6.81. The molecule has 1 aliphatic heterocycles. The maximum absolute atomic E-state index is 3.61. The van der Waals surface area contributed by atoms with Gasteiger partial charge in [-0.15, -0.1) is 0 Å². The highest BCUT2D eigenvalue weighted by Gasteiger charge is 2.37. The van der Waals surface area contributed by atoms with Gasteiger partial charge in [0.1, 0.15) is 0 Å². The van der Waals surface area contributed by atoms with Gasteiger partial charge < -0.3 is 5.32 Å². The van der Waals surface area contributed by atoms with Gasteiger partial charge in [-0.05, 0) is 31.9 Å². The molecule has 1 heterocycles. The summed E-state index contributed by atoms with van der Waals surface area (Å²) in [6.45, 7) is 6.06. The average molecular weight is 214 g/mol. The predicted octanol–water partition coefficient (Wildman–Crippen LogP) is 1.42. The number of piperazine rings is 1. The molecule has 14 heavy (non-hydrogen) atoms. The summed E-state index contributed by atoms with van der Waals surface area (Å²) >= 11 is 1.97. The maximum atomic E-state index is 3.61. The lowest BCUT2D eigenvalue weighted by Gasteiger charge is -2.39. The minimum atomic E-state index is 0.687. The van der Waals surface area contributed by atoms with Crippen molar-refractivity contribution in [2.75, 3.05) is 31.6 Å².